The van der Waals surface area contributed by atoms with Crippen molar-refractivity contribution < 1.29 is 9.84 Å². The Kier molecular flexibility index (Phi) is 4.26. The molecule has 0 aliphatic carbocycles. The summed E-state index contributed by atoms with van der Waals surface area (Å²) in [6.45, 7) is 0.503. The second kappa shape index (κ2) is 6.67. The standard InChI is InChI=1S/C20H15NO2/c21-13-18-10-9-17(12-20(18)22)16-7-4-8-19(11-16)23-14-15-5-2-1-3-6-15/h1-12,22H,14H2. The molecule has 3 aromatic rings. The van der Waals surface area contributed by atoms with Crippen molar-refractivity contribution in [2.24, 2.45) is 0 Å². The number of hydrogen-bond acceptors (Lipinski definition) is 3. The first kappa shape index (κ1) is 14.7. The second-order valence-corrected chi connectivity index (χ2v) is 5.15. The Morgan fingerprint density at radius 3 is 2.39 bits per heavy atom. The van der Waals surface area contributed by atoms with Crippen LogP contribution < -0.4 is 4.74 Å². The molecule has 0 bridgehead atoms. The van der Waals surface area contributed by atoms with E-state index in [1.807, 2.05) is 66.7 Å². The number of nitriles is 1. The average molecular weight is 301 g/mol. The van der Waals surface area contributed by atoms with Crippen molar-refractivity contribution in [1.29, 1.82) is 5.26 Å². The van der Waals surface area contributed by atoms with Gasteiger partial charge in [0.25, 0.3) is 0 Å². The van der Waals surface area contributed by atoms with Crippen LogP contribution in [0.5, 0.6) is 11.5 Å². The predicted molar refractivity (Wildman–Crippen MR) is 89.0 cm³/mol. The SMILES string of the molecule is N#Cc1ccc(-c2cccc(OCc3ccccc3)c2)cc1O. The molecule has 0 amide bonds. The largest absolute Gasteiger partial charge is 0.507 e. The molecule has 0 aliphatic rings. The molecule has 23 heavy (non-hydrogen) atoms. The highest BCUT2D eigenvalue weighted by atomic mass is 16.5. The van der Waals surface area contributed by atoms with Gasteiger partial charge in [-0.15, -0.1) is 0 Å². The summed E-state index contributed by atoms with van der Waals surface area (Å²) in [6, 6.07) is 24.6. The van der Waals surface area contributed by atoms with E-state index in [2.05, 4.69) is 0 Å². The van der Waals surface area contributed by atoms with Crippen molar-refractivity contribution >= 4 is 0 Å². The average Bonchev–Trinajstić information content (AvgIpc) is 2.61. The first-order chi connectivity index (χ1) is 11.3. The summed E-state index contributed by atoms with van der Waals surface area (Å²) < 4.78 is 5.81. The van der Waals surface area contributed by atoms with Crippen molar-refractivity contribution in [3.63, 3.8) is 0 Å². The molecule has 3 heteroatoms. The quantitative estimate of drug-likeness (QED) is 0.771. The van der Waals surface area contributed by atoms with Crippen LogP contribution in [0.1, 0.15) is 11.1 Å². The van der Waals surface area contributed by atoms with Crippen molar-refractivity contribution in [3.05, 3.63) is 83.9 Å². The Morgan fingerprint density at radius 1 is 0.870 bits per heavy atom. The number of phenols is 1. The minimum absolute atomic E-state index is 0.0133. The summed E-state index contributed by atoms with van der Waals surface area (Å²) in [4.78, 5) is 0. The van der Waals surface area contributed by atoms with Gasteiger partial charge in [0.05, 0.1) is 5.56 Å². The molecule has 0 spiro atoms. The fourth-order valence-electron chi connectivity index (χ4n) is 2.31. The van der Waals surface area contributed by atoms with Gasteiger partial charge in [-0.25, -0.2) is 0 Å². The molecule has 0 aromatic heterocycles. The van der Waals surface area contributed by atoms with Crippen LogP contribution in [0.3, 0.4) is 0 Å². The van der Waals surface area contributed by atoms with Gasteiger partial charge in [0.2, 0.25) is 0 Å². The molecule has 1 N–H and O–H groups in total. The van der Waals surface area contributed by atoms with E-state index < -0.39 is 0 Å². The Labute approximate surface area is 135 Å². The molecule has 112 valence electrons. The fourth-order valence-corrected chi connectivity index (χ4v) is 2.31. The van der Waals surface area contributed by atoms with Crippen molar-refractivity contribution in [1.82, 2.24) is 0 Å². The van der Waals surface area contributed by atoms with E-state index in [-0.39, 0.29) is 11.3 Å². The maximum absolute atomic E-state index is 9.82. The molecule has 0 aliphatic heterocycles. The van der Waals surface area contributed by atoms with Crippen molar-refractivity contribution in [3.8, 4) is 28.7 Å². The van der Waals surface area contributed by atoms with E-state index >= 15 is 0 Å². The van der Waals surface area contributed by atoms with Crippen LogP contribution in [0.4, 0.5) is 0 Å². The number of benzene rings is 3. The smallest absolute Gasteiger partial charge is 0.133 e. The fraction of sp³-hybridized carbons (Fsp3) is 0.0500. The molecular weight excluding hydrogens is 286 g/mol. The van der Waals surface area contributed by atoms with E-state index in [0.717, 1.165) is 22.4 Å². The minimum Gasteiger partial charge on any atom is -0.507 e. The Bertz CT molecular complexity index is 851. The van der Waals surface area contributed by atoms with Gasteiger partial charge >= 0.3 is 0 Å². The Balaban J connectivity index is 1.80. The highest BCUT2D eigenvalue weighted by molar-refractivity contribution is 5.68. The Hall–Kier alpha value is -3.25. The summed E-state index contributed by atoms with van der Waals surface area (Å²) >= 11 is 0. The Morgan fingerprint density at radius 2 is 1.65 bits per heavy atom. The number of phenolic OH excluding ortho intramolecular Hbond substituents is 1. The van der Waals surface area contributed by atoms with E-state index in [1.165, 1.54) is 0 Å². The van der Waals surface area contributed by atoms with Gasteiger partial charge in [-0.05, 0) is 41.0 Å². The number of hydrogen-bond donors (Lipinski definition) is 1. The summed E-state index contributed by atoms with van der Waals surface area (Å²) in [7, 11) is 0. The van der Waals surface area contributed by atoms with E-state index in [4.69, 9.17) is 10.00 Å². The van der Waals surface area contributed by atoms with Gasteiger partial charge in [0.15, 0.2) is 0 Å². The topological polar surface area (TPSA) is 53.2 Å². The van der Waals surface area contributed by atoms with Gasteiger partial charge in [-0.3, -0.25) is 0 Å². The van der Waals surface area contributed by atoms with E-state index in [1.54, 1.807) is 12.1 Å². The lowest BCUT2D eigenvalue weighted by Gasteiger charge is -2.09. The van der Waals surface area contributed by atoms with Crippen LogP contribution >= 0.6 is 0 Å². The molecule has 0 saturated carbocycles. The molecule has 0 radical (unpaired) electrons. The molecule has 0 atom stereocenters. The van der Waals surface area contributed by atoms with Crippen LogP contribution in [-0.2, 0) is 6.61 Å². The van der Waals surface area contributed by atoms with Crippen LogP contribution in [0.25, 0.3) is 11.1 Å². The number of ether oxygens (including phenoxy) is 1. The minimum atomic E-state index is -0.0133. The molecular formula is C20H15NO2. The van der Waals surface area contributed by atoms with Crippen molar-refractivity contribution in [2.75, 3.05) is 0 Å². The third-order valence-electron chi connectivity index (χ3n) is 3.53. The van der Waals surface area contributed by atoms with E-state index in [0.29, 0.717) is 6.61 Å². The van der Waals surface area contributed by atoms with Crippen LogP contribution in [0, 0.1) is 11.3 Å². The van der Waals surface area contributed by atoms with Gasteiger partial charge in [-0.1, -0.05) is 48.5 Å². The molecule has 3 rings (SSSR count). The third kappa shape index (κ3) is 3.50. The number of rotatable bonds is 4. The van der Waals surface area contributed by atoms with Gasteiger partial charge in [-0.2, -0.15) is 5.26 Å². The maximum atomic E-state index is 9.82. The molecule has 0 heterocycles. The molecule has 3 nitrogen and oxygen atoms in total. The first-order valence-corrected chi connectivity index (χ1v) is 7.26. The normalized spacial score (nSPS) is 10.0. The van der Waals surface area contributed by atoms with Crippen molar-refractivity contribution in [2.45, 2.75) is 6.61 Å². The van der Waals surface area contributed by atoms with Crippen LogP contribution in [-0.4, -0.2) is 5.11 Å². The summed E-state index contributed by atoms with van der Waals surface area (Å²) in [5.41, 5.74) is 3.14. The summed E-state index contributed by atoms with van der Waals surface area (Å²) in [5.74, 6) is 0.746. The second-order valence-electron chi connectivity index (χ2n) is 5.15. The van der Waals surface area contributed by atoms with Gasteiger partial charge in [0, 0.05) is 0 Å². The zero-order valence-electron chi connectivity index (χ0n) is 12.4. The molecule has 0 fully saturated rings. The van der Waals surface area contributed by atoms with E-state index in [9.17, 15) is 5.11 Å². The predicted octanol–water partition coefficient (Wildman–Crippen LogP) is 4.51. The zero-order chi connectivity index (χ0) is 16.1. The summed E-state index contributed by atoms with van der Waals surface area (Å²) in [5, 5.41) is 18.7. The maximum Gasteiger partial charge on any atom is 0.133 e. The molecule has 3 aromatic carbocycles. The molecule has 0 saturated heterocycles. The highest BCUT2D eigenvalue weighted by Crippen LogP contribution is 2.28. The molecule has 0 unspecified atom stereocenters. The van der Waals surface area contributed by atoms with Gasteiger partial charge in [0.1, 0.15) is 24.2 Å². The third-order valence-corrected chi connectivity index (χ3v) is 3.53. The zero-order valence-corrected chi connectivity index (χ0v) is 12.4. The lowest BCUT2D eigenvalue weighted by molar-refractivity contribution is 0.306. The monoisotopic (exact) mass is 301 g/mol. The van der Waals surface area contributed by atoms with Crippen LogP contribution in [0.2, 0.25) is 0 Å². The van der Waals surface area contributed by atoms with Gasteiger partial charge < -0.3 is 9.84 Å². The van der Waals surface area contributed by atoms with Crippen LogP contribution in [0.15, 0.2) is 72.8 Å². The number of aromatic hydroxyl groups is 1. The first-order valence-electron chi connectivity index (χ1n) is 7.26. The summed E-state index contributed by atoms with van der Waals surface area (Å²) in [6.07, 6.45) is 0. The lowest BCUT2D eigenvalue weighted by Crippen LogP contribution is -1.95. The lowest BCUT2D eigenvalue weighted by atomic mass is 10.0. The number of nitrogens with zero attached hydrogens (tertiary/aromatic N) is 1. The highest BCUT2D eigenvalue weighted by Gasteiger charge is 2.05.